The van der Waals surface area contributed by atoms with Crippen molar-refractivity contribution < 1.29 is 9.53 Å². The molecule has 2 rings (SSSR count). The smallest absolute Gasteiger partial charge is 0.257 e. The first-order chi connectivity index (χ1) is 9.60. The van der Waals surface area contributed by atoms with E-state index in [0.717, 1.165) is 12.1 Å². The second-order valence-electron chi connectivity index (χ2n) is 5.24. The van der Waals surface area contributed by atoms with Gasteiger partial charge in [0.1, 0.15) is 5.75 Å². The Balaban J connectivity index is 1.83. The first-order valence-corrected chi connectivity index (χ1v) is 7.34. The van der Waals surface area contributed by atoms with E-state index in [0.29, 0.717) is 16.7 Å². The lowest BCUT2D eigenvalue weighted by Crippen LogP contribution is -2.30. The van der Waals surface area contributed by atoms with E-state index < -0.39 is 0 Å². The van der Waals surface area contributed by atoms with E-state index in [1.165, 1.54) is 12.8 Å². The average molecular weight is 297 g/mol. The second kappa shape index (κ2) is 6.95. The fraction of sp³-hybridized carbons (Fsp3) is 0.533. The lowest BCUT2D eigenvalue weighted by atomic mass is 10.1. The molecular formula is C15H21ClN2O2. The van der Waals surface area contributed by atoms with E-state index in [1.54, 1.807) is 6.07 Å². The molecule has 110 valence electrons. The molecule has 1 fully saturated rings. The predicted molar refractivity (Wildman–Crippen MR) is 80.2 cm³/mol. The summed E-state index contributed by atoms with van der Waals surface area (Å²) < 4.78 is 5.46. The summed E-state index contributed by atoms with van der Waals surface area (Å²) in [6, 6.07) is 5.84. The predicted octanol–water partition coefficient (Wildman–Crippen LogP) is 2.53. The third-order valence-electron chi connectivity index (χ3n) is 3.53. The molecule has 0 aromatic heterocycles. The summed E-state index contributed by atoms with van der Waals surface area (Å²) in [5, 5.41) is 6.53. The zero-order valence-corrected chi connectivity index (χ0v) is 12.7. The molecule has 0 spiro atoms. The van der Waals surface area contributed by atoms with E-state index >= 15 is 0 Å². The van der Waals surface area contributed by atoms with Crippen LogP contribution in [0.5, 0.6) is 5.75 Å². The van der Waals surface area contributed by atoms with Crippen LogP contribution in [0.2, 0.25) is 5.02 Å². The van der Waals surface area contributed by atoms with Crippen LogP contribution in [0.1, 0.15) is 31.4 Å². The molecular weight excluding hydrogens is 276 g/mol. The summed E-state index contributed by atoms with van der Waals surface area (Å²) in [7, 11) is 1.90. The van der Waals surface area contributed by atoms with Gasteiger partial charge in [0.2, 0.25) is 0 Å². The SMILES string of the molecule is CNC(C)c1ccc(OCC(=O)NCC2CC2)c(Cl)c1. The number of carbonyl (C=O) groups excluding carboxylic acids is 1. The summed E-state index contributed by atoms with van der Waals surface area (Å²) in [6.07, 6.45) is 2.44. The van der Waals surface area contributed by atoms with Crippen LogP contribution in [0.3, 0.4) is 0 Å². The van der Waals surface area contributed by atoms with Crippen LogP contribution >= 0.6 is 11.6 Å². The van der Waals surface area contributed by atoms with Crippen molar-refractivity contribution in [3.05, 3.63) is 28.8 Å². The van der Waals surface area contributed by atoms with Crippen molar-refractivity contribution in [2.24, 2.45) is 5.92 Å². The Kier molecular flexibility index (Phi) is 5.26. The number of nitrogens with one attached hydrogen (secondary N) is 2. The zero-order chi connectivity index (χ0) is 14.5. The number of hydrogen-bond donors (Lipinski definition) is 2. The van der Waals surface area contributed by atoms with Crippen molar-refractivity contribution in [2.75, 3.05) is 20.2 Å². The van der Waals surface area contributed by atoms with Gasteiger partial charge < -0.3 is 15.4 Å². The average Bonchev–Trinajstić information content (AvgIpc) is 3.27. The molecule has 0 radical (unpaired) electrons. The van der Waals surface area contributed by atoms with Crippen LogP contribution in [0.25, 0.3) is 0 Å². The van der Waals surface area contributed by atoms with Crippen molar-refractivity contribution in [3.63, 3.8) is 0 Å². The molecule has 5 heteroatoms. The minimum atomic E-state index is -0.0966. The molecule has 1 amide bonds. The Labute approximate surface area is 124 Å². The van der Waals surface area contributed by atoms with Gasteiger partial charge in [-0.25, -0.2) is 0 Å². The summed E-state index contributed by atoms with van der Waals surface area (Å²) in [5.41, 5.74) is 1.09. The highest BCUT2D eigenvalue weighted by Crippen LogP contribution is 2.28. The number of benzene rings is 1. The molecule has 1 aliphatic rings. The minimum Gasteiger partial charge on any atom is -0.482 e. The normalized spacial score (nSPS) is 15.8. The Bertz CT molecular complexity index is 475. The van der Waals surface area contributed by atoms with Gasteiger partial charge in [-0.3, -0.25) is 4.79 Å². The van der Waals surface area contributed by atoms with Crippen LogP contribution in [-0.2, 0) is 4.79 Å². The van der Waals surface area contributed by atoms with Gasteiger partial charge in [0.25, 0.3) is 5.91 Å². The fourth-order valence-electron chi connectivity index (χ4n) is 1.84. The summed E-state index contributed by atoms with van der Waals surface area (Å²) in [6.45, 7) is 2.82. The number of rotatable bonds is 7. The maximum atomic E-state index is 11.6. The lowest BCUT2D eigenvalue weighted by Gasteiger charge is -2.13. The molecule has 20 heavy (non-hydrogen) atoms. The standard InChI is InChI=1S/C15H21ClN2O2/c1-10(17-2)12-5-6-14(13(16)7-12)20-9-15(19)18-8-11-3-4-11/h5-7,10-11,17H,3-4,8-9H2,1-2H3,(H,18,19). The molecule has 0 bridgehead atoms. The third kappa shape index (κ3) is 4.39. The van der Waals surface area contributed by atoms with Gasteiger partial charge in [-0.05, 0) is 50.4 Å². The summed E-state index contributed by atoms with van der Waals surface area (Å²) >= 11 is 6.17. The van der Waals surface area contributed by atoms with Crippen LogP contribution in [0.15, 0.2) is 18.2 Å². The van der Waals surface area contributed by atoms with Gasteiger partial charge in [0.15, 0.2) is 6.61 Å². The maximum absolute atomic E-state index is 11.6. The quantitative estimate of drug-likeness (QED) is 0.813. The van der Waals surface area contributed by atoms with E-state index in [2.05, 4.69) is 17.6 Å². The van der Waals surface area contributed by atoms with E-state index in [-0.39, 0.29) is 18.6 Å². The molecule has 1 aliphatic carbocycles. The molecule has 4 nitrogen and oxygen atoms in total. The van der Waals surface area contributed by atoms with Gasteiger partial charge in [-0.15, -0.1) is 0 Å². The van der Waals surface area contributed by atoms with Crippen molar-refractivity contribution in [3.8, 4) is 5.75 Å². The highest BCUT2D eigenvalue weighted by molar-refractivity contribution is 6.32. The number of halogens is 1. The Morgan fingerprint density at radius 1 is 1.50 bits per heavy atom. The van der Waals surface area contributed by atoms with Gasteiger partial charge >= 0.3 is 0 Å². The van der Waals surface area contributed by atoms with Crippen molar-refractivity contribution in [1.29, 1.82) is 0 Å². The third-order valence-corrected chi connectivity index (χ3v) is 3.83. The molecule has 1 saturated carbocycles. The molecule has 1 unspecified atom stereocenters. The van der Waals surface area contributed by atoms with Crippen molar-refractivity contribution >= 4 is 17.5 Å². The van der Waals surface area contributed by atoms with E-state index in [9.17, 15) is 4.79 Å². The van der Waals surface area contributed by atoms with Gasteiger partial charge in [0, 0.05) is 12.6 Å². The van der Waals surface area contributed by atoms with E-state index in [4.69, 9.17) is 16.3 Å². The van der Waals surface area contributed by atoms with Crippen LogP contribution in [0, 0.1) is 5.92 Å². The number of ether oxygens (including phenoxy) is 1. The summed E-state index contributed by atoms with van der Waals surface area (Å²) in [4.78, 5) is 11.6. The lowest BCUT2D eigenvalue weighted by molar-refractivity contribution is -0.123. The zero-order valence-electron chi connectivity index (χ0n) is 11.9. The highest BCUT2D eigenvalue weighted by Gasteiger charge is 2.21. The summed E-state index contributed by atoms with van der Waals surface area (Å²) in [5.74, 6) is 1.12. The van der Waals surface area contributed by atoms with Gasteiger partial charge in [0.05, 0.1) is 5.02 Å². The first-order valence-electron chi connectivity index (χ1n) is 6.96. The Hall–Kier alpha value is -1.26. The molecule has 1 aromatic rings. The molecule has 2 N–H and O–H groups in total. The molecule has 0 heterocycles. The molecule has 1 atom stereocenters. The number of carbonyl (C=O) groups is 1. The Morgan fingerprint density at radius 2 is 2.25 bits per heavy atom. The molecule has 1 aromatic carbocycles. The number of amides is 1. The van der Waals surface area contributed by atoms with Gasteiger partial charge in [-0.1, -0.05) is 17.7 Å². The van der Waals surface area contributed by atoms with Crippen molar-refractivity contribution in [1.82, 2.24) is 10.6 Å². The van der Waals surface area contributed by atoms with Gasteiger partial charge in [-0.2, -0.15) is 0 Å². The molecule has 0 saturated heterocycles. The fourth-order valence-corrected chi connectivity index (χ4v) is 2.09. The minimum absolute atomic E-state index is 0.00731. The maximum Gasteiger partial charge on any atom is 0.257 e. The Morgan fingerprint density at radius 3 is 2.85 bits per heavy atom. The second-order valence-corrected chi connectivity index (χ2v) is 5.64. The molecule has 0 aliphatic heterocycles. The van der Waals surface area contributed by atoms with Crippen LogP contribution in [-0.4, -0.2) is 26.1 Å². The first kappa shape index (κ1) is 15.1. The van der Waals surface area contributed by atoms with Crippen LogP contribution < -0.4 is 15.4 Å². The van der Waals surface area contributed by atoms with Crippen molar-refractivity contribution in [2.45, 2.75) is 25.8 Å². The monoisotopic (exact) mass is 296 g/mol. The number of hydrogen-bond acceptors (Lipinski definition) is 3. The van der Waals surface area contributed by atoms with Crippen LogP contribution in [0.4, 0.5) is 0 Å². The largest absolute Gasteiger partial charge is 0.482 e. The van der Waals surface area contributed by atoms with E-state index in [1.807, 2.05) is 19.2 Å². The highest BCUT2D eigenvalue weighted by atomic mass is 35.5. The topological polar surface area (TPSA) is 50.4 Å².